The molecule has 4 fully saturated rings. The van der Waals surface area contributed by atoms with E-state index in [2.05, 4.69) is 0 Å². The normalized spacial score (nSPS) is 57.9. The van der Waals surface area contributed by atoms with Gasteiger partial charge in [0.1, 0.15) is 0 Å². The fourth-order valence-corrected chi connectivity index (χ4v) is 6.52. The summed E-state index contributed by atoms with van der Waals surface area (Å²) in [6, 6.07) is 0.742. The van der Waals surface area contributed by atoms with Gasteiger partial charge in [-0.3, -0.25) is 0 Å². The van der Waals surface area contributed by atoms with Gasteiger partial charge < -0.3 is 0 Å². The second-order valence-corrected chi connectivity index (χ2v) is 6.67. The molecular formula is C12H13N3O2. The van der Waals surface area contributed by atoms with Crippen molar-refractivity contribution in [1.82, 2.24) is 13.9 Å². The highest BCUT2D eigenvalue weighted by atomic mass is 16.2. The van der Waals surface area contributed by atoms with Crippen LogP contribution in [0.2, 0.25) is 0 Å². The van der Waals surface area contributed by atoms with Crippen molar-refractivity contribution in [2.45, 2.75) is 18.5 Å². The molecule has 88 valence electrons. The highest BCUT2D eigenvalue weighted by Crippen LogP contribution is 2.85. The van der Waals surface area contributed by atoms with Crippen LogP contribution in [0, 0.1) is 35.5 Å². The Kier molecular flexibility index (Phi) is 0.867. The number of aromatic nitrogens is 3. The van der Waals surface area contributed by atoms with Crippen LogP contribution < -0.4 is 11.4 Å². The van der Waals surface area contributed by atoms with Gasteiger partial charge in [-0.2, -0.15) is 0 Å². The zero-order valence-corrected chi connectivity index (χ0v) is 9.48. The fourth-order valence-electron chi connectivity index (χ4n) is 6.52. The maximum atomic E-state index is 12.2. The molecule has 0 amide bonds. The van der Waals surface area contributed by atoms with Gasteiger partial charge in [-0.1, -0.05) is 0 Å². The summed E-state index contributed by atoms with van der Waals surface area (Å²) in [5.74, 6) is 4.74. The molecular weight excluding hydrogens is 218 g/mol. The van der Waals surface area contributed by atoms with Crippen LogP contribution in [0.4, 0.5) is 0 Å². The molecule has 4 bridgehead atoms. The minimum absolute atomic E-state index is 0.0853. The van der Waals surface area contributed by atoms with Crippen molar-refractivity contribution in [3.8, 4) is 0 Å². The van der Waals surface area contributed by atoms with Crippen molar-refractivity contribution in [2.24, 2.45) is 42.6 Å². The van der Waals surface area contributed by atoms with Crippen LogP contribution in [0.15, 0.2) is 9.59 Å². The maximum Gasteiger partial charge on any atom is 0.347 e. The fraction of sp³-hybridized carbons (Fsp3) is 0.833. The minimum atomic E-state index is -0.0873. The SMILES string of the molecule is Cn1c(=O)n2n(c1=O)[C@H]1[C@@H]3C[C@H]4[C@@H]5[C@H]([C@@H]41)[C@@H]2[C@H]35. The van der Waals surface area contributed by atoms with E-state index >= 15 is 0 Å². The van der Waals surface area contributed by atoms with Gasteiger partial charge in [0.25, 0.3) is 0 Å². The topological polar surface area (TPSA) is 48.9 Å². The van der Waals surface area contributed by atoms with Gasteiger partial charge in [0, 0.05) is 7.05 Å². The summed E-state index contributed by atoms with van der Waals surface area (Å²) in [6.07, 6.45) is 1.33. The third-order valence-corrected chi connectivity index (χ3v) is 6.75. The maximum absolute atomic E-state index is 12.2. The van der Waals surface area contributed by atoms with Crippen LogP contribution in [0.3, 0.4) is 0 Å². The zero-order chi connectivity index (χ0) is 11.2. The largest absolute Gasteiger partial charge is 0.347 e. The van der Waals surface area contributed by atoms with Crippen LogP contribution in [-0.4, -0.2) is 13.9 Å². The van der Waals surface area contributed by atoms with E-state index in [1.54, 1.807) is 7.05 Å². The van der Waals surface area contributed by atoms with Crippen LogP contribution in [0.25, 0.3) is 0 Å². The molecule has 0 aromatic carbocycles. The van der Waals surface area contributed by atoms with Crippen LogP contribution in [0.5, 0.6) is 0 Å². The molecule has 8 atom stereocenters. The van der Waals surface area contributed by atoms with Crippen molar-refractivity contribution in [3.05, 3.63) is 21.0 Å². The molecule has 4 saturated carbocycles. The number of hydrogen-bond acceptors (Lipinski definition) is 2. The van der Waals surface area contributed by atoms with Gasteiger partial charge in [-0.05, 0) is 41.9 Å². The van der Waals surface area contributed by atoms with Gasteiger partial charge in [0.05, 0.1) is 12.1 Å². The second kappa shape index (κ2) is 1.85. The first-order chi connectivity index (χ1) is 8.22. The lowest BCUT2D eigenvalue weighted by Gasteiger charge is -2.73. The Morgan fingerprint density at radius 1 is 0.882 bits per heavy atom. The van der Waals surface area contributed by atoms with Crippen molar-refractivity contribution in [2.75, 3.05) is 0 Å². The summed E-state index contributed by atoms with van der Waals surface area (Å²) in [7, 11) is 1.61. The van der Waals surface area contributed by atoms with E-state index in [1.165, 1.54) is 11.0 Å². The van der Waals surface area contributed by atoms with E-state index < -0.39 is 0 Å². The molecule has 3 heterocycles. The number of hydrogen-bond donors (Lipinski definition) is 0. The van der Waals surface area contributed by atoms with Crippen LogP contribution >= 0.6 is 0 Å². The quantitative estimate of drug-likeness (QED) is 0.609. The lowest BCUT2D eigenvalue weighted by molar-refractivity contribution is -0.264. The van der Waals surface area contributed by atoms with Crippen molar-refractivity contribution in [3.63, 3.8) is 0 Å². The molecule has 5 heteroatoms. The van der Waals surface area contributed by atoms with E-state index in [0.717, 1.165) is 29.6 Å². The average molecular weight is 231 g/mol. The molecule has 0 N–H and O–H groups in total. The minimum Gasteiger partial charge on any atom is -0.246 e. The monoisotopic (exact) mass is 231 g/mol. The summed E-state index contributed by atoms with van der Waals surface area (Å²) in [6.45, 7) is 0. The Morgan fingerprint density at radius 2 is 1.53 bits per heavy atom. The zero-order valence-electron chi connectivity index (χ0n) is 9.48. The Hall–Kier alpha value is -1.26. The molecule has 1 aromatic rings. The highest BCUT2D eigenvalue weighted by molar-refractivity contribution is 5.30. The van der Waals surface area contributed by atoms with Gasteiger partial charge in [-0.25, -0.2) is 23.5 Å². The van der Waals surface area contributed by atoms with Crippen LogP contribution in [-0.2, 0) is 7.05 Å². The first-order valence-electron chi connectivity index (χ1n) is 6.62. The molecule has 0 unspecified atom stereocenters. The molecule has 0 saturated heterocycles. The summed E-state index contributed by atoms with van der Waals surface area (Å²) in [5.41, 5.74) is -0.173. The predicted octanol–water partition coefficient (Wildman–Crippen LogP) is -0.414. The van der Waals surface area contributed by atoms with Crippen molar-refractivity contribution in [1.29, 1.82) is 0 Å². The lowest BCUT2D eigenvalue weighted by Crippen LogP contribution is -2.73. The molecule has 5 nitrogen and oxygen atoms in total. The van der Waals surface area contributed by atoms with E-state index in [-0.39, 0.29) is 11.4 Å². The molecule has 6 aliphatic rings. The molecule has 0 radical (unpaired) electrons. The second-order valence-electron chi connectivity index (χ2n) is 6.67. The Balaban J connectivity index is 1.80. The van der Waals surface area contributed by atoms with E-state index in [0.29, 0.717) is 18.0 Å². The molecule has 0 spiro atoms. The standard InChI is InChI=1S/C12H13N3O2/c1-13-11(16)14-9-4-2-3-5-7(4)10(8(5)6(3)9)15(14)12(13)17/h3-10H,2H2,1H3/t3-,4+,5-,6+,7+,8+,9-,10-/m0/s1. The molecule has 17 heavy (non-hydrogen) atoms. The summed E-state index contributed by atoms with van der Waals surface area (Å²) in [4.78, 5) is 24.3. The van der Waals surface area contributed by atoms with E-state index in [1.807, 2.05) is 9.36 Å². The predicted molar refractivity (Wildman–Crippen MR) is 57.6 cm³/mol. The molecule has 4 aliphatic carbocycles. The van der Waals surface area contributed by atoms with Gasteiger partial charge in [0.2, 0.25) is 0 Å². The number of rotatable bonds is 0. The van der Waals surface area contributed by atoms with Gasteiger partial charge in [0.15, 0.2) is 0 Å². The molecule has 2 aliphatic heterocycles. The summed E-state index contributed by atoms with van der Waals surface area (Å²) < 4.78 is 4.93. The Bertz CT molecular complexity index is 706. The smallest absolute Gasteiger partial charge is 0.246 e. The van der Waals surface area contributed by atoms with Crippen LogP contribution in [0.1, 0.15) is 18.5 Å². The van der Waals surface area contributed by atoms with Crippen molar-refractivity contribution < 1.29 is 0 Å². The third kappa shape index (κ3) is 0.478. The van der Waals surface area contributed by atoms with Crippen molar-refractivity contribution >= 4 is 0 Å². The third-order valence-electron chi connectivity index (χ3n) is 6.75. The van der Waals surface area contributed by atoms with E-state index in [9.17, 15) is 9.59 Å². The van der Waals surface area contributed by atoms with Gasteiger partial charge in [-0.15, -0.1) is 0 Å². The summed E-state index contributed by atoms with van der Waals surface area (Å²) >= 11 is 0. The first kappa shape index (κ1) is 7.95. The number of nitrogens with zero attached hydrogens (tertiary/aromatic N) is 3. The first-order valence-corrected chi connectivity index (χ1v) is 6.62. The Morgan fingerprint density at radius 3 is 2.24 bits per heavy atom. The summed E-state index contributed by atoms with van der Waals surface area (Å²) in [5, 5.41) is 0. The highest BCUT2D eigenvalue weighted by Gasteiger charge is 2.83. The van der Waals surface area contributed by atoms with E-state index in [4.69, 9.17) is 0 Å². The Labute approximate surface area is 96.6 Å². The average Bonchev–Trinajstić information content (AvgIpc) is 2.80. The van der Waals surface area contributed by atoms with Gasteiger partial charge >= 0.3 is 11.4 Å². The molecule has 7 rings (SSSR count). The molecule has 1 aromatic heterocycles. The lowest BCUT2D eigenvalue weighted by atomic mass is 9.37.